The van der Waals surface area contributed by atoms with E-state index in [1.807, 2.05) is 78.9 Å². The van der Waals surface area contributed by atoms with Crippen molar-refractivity contribution in [1.29, 1.82) is 0 Å². The molecular weight excluding hydrogens is 534 g/mol. The number of hydrogen-bond donors (Lipinski definition) is 2. The molecule has 2 N–H and O–H groups in total. The number of nitrogens with zero attached hydrogens (tertiary/aromatic N) is 1. The predicted molar refractivity (Wildman–Crippen MR) is 154 cm³/mol. The van der Waals surface area contributed by atoms with Gasteiger partial charge in [-0.05, 0) is 41.8 Å². The van der Waals surface area contributed by atoms with Gasteiger partial charge in [0, 0.05) is 10.8 Å². The second-order valence-electron chi connectivity index (χ2n) is 8.72. The van der Waals surface area contributed by atoms with Crippen LogP contribution in [0.4, 0.5) is 5.82 Å². The smallest absolute Gasteiger partial charge is 0.337 e. The van der Waals surface area contributed by atoms with Crippen LogP contribution >= 0.6 is 23.4 Å². The Hall–Kier alpha value is -4.01. The number of thioether (sulfide) groups is 1. The monoisotopic (exact) mass is 559 g/mol. The SMILES string of the molecule is CCOC(=O)C1=C(c2ccccc2)Nc2nc(SCc3ccccc3Cl)[nH]c(=O)c2C1c1cccc(OC)c1. The molecule has 0 radical (unpaired) electrons. The van der Waals surface area contributed by atoms with E-state index in [2.05, 4.69) is 10.3 Å². The molecule has 0 fully saturated rings. The van der Waals surface area contributed by atoms with Gasteiger partial charge in [0.1, 0.15) is 11.6 Å². The third-order valence-electron chi connectivity index (χ3n) is 6.33. The summed E-state index contributed by atoms with van der Waals surface area (Å²) in [6, 6.07) is 24.4. The van der Waals surface area contributed by atoms with Gasteiger partial charge in [-0.25, -0.2) is 9.78 Å². The Morgan fingerprint density at radius 1 is 1.05 bits per heavy atom. The minimum Gasteiger partial charge on any atom is -0.497 e. The number of H-pyrrole nitrogens is 1. The van der Waals surface area contributed by atoms with E-state index in [1.54, 1.807) is 14.0 Å². The first-order chi connectivity index (χ1) is 19.0. The third-order valence-corrected chi connectivity index (χ3v) is 7.62. The number of anilines is 1. The molecule has 39 heavy (non-hydrogen) atoms. The average molecular weight is 560 g/mol. The molecule has 0 bridgehead atoms. The molecule has 0 amide bonds. The molecular formula is C30H26ClN3O4S. The fourth-order valence-electron chi connectivity index (χ4n) is 4.54. The summed E-state index contributed by atoms with van der Waals surface area (Å²) >= 11 is 7.70. The van der Waals surface area contributed by atoms with Gasteiger partial charge in [0.15, 0.2) is 5.16 Å². The Kier molecular flexibility index (Phi) is 8.05. The Labute approximate surface area is 235 Å². The van der Waals surface area contributed by atoms with E-state index in [1.165, 1.54) is 11.8 Å². The molecule has 3 aromatic carbocycles. The molecule has 1 aliphatic heterocycles. The third kappa shape index (κ3) is 5.57. The number of aromatic nitrogens is 2. The maximum absolute atomic E-state index is 13.7. The number of halogens is 1. The van der Waals surface area contributed by atoms with Gasteiger partial charge in [0.05, 0.1) is 36.5 Å². The highest BCUT2D eigenvalue weighted by atomic mass is 35.5. The lowest BCUT2D eigenvalue weighted by Crippen LogP contribution is -2.31. The summed E-state index contributed by atoms with van der Waals surface area (Å²) in [6.07, 6.45) is 0. The molecule has 2 heterocycles. The Balaban J connectivity index is 1.68. The first-order valence-electron chi connectivity index (χ1n) is 12.4. The van der Waals surface area contributed by atoms with Crippen molar-refractivity contribution in [2.75, 3.05) is 19.0 Å². The maximum Gasteiger partial charge on any atom is 0.337 e. The topological polar surface area (TPSA) is 93.3 Å². The number of ether oxygens (including phenoxy) is 2. The van der Waals surface area contributed by atoms with Gasteiger partial charge in [-0.2, -0.15) is 0 Å². The van der Waals surface area contributed by atoms with Gasteiger partial charge in [0.25, 0.3) is 5.56 Å². The van der Waals surface area contributed by atoms with Crippen LogP contribution in [0.25, 0.3) is 5.70 Å². The highest BCUT2D eigenvalue weighted by molar-refractivity contribution is 7.98. The summed E-state index contributed by atoms with van der Waals surface area (Å²) in [6.45, 7) is 1.94. The zero-order valence-corrected chi connectivity index (χ0v) is 22.9. The minimum absolute atomic E-state index is 0.189. The number of aromatic amines is 1. The summed E-state index contributed by atoms with van der Waals surface area (Å²) in [7, 11) is 1.57. The molecule has 0 saturated carbocycles. The van der Waals surface area contributed by atoms with Crippen molar-refractivity contribution in [2.45, 2.75) is 23.8 Å². The van der Waals surface area contributed by atoms with E-state index in [9.17, 15) is 9.59 Å². The highest BCUT2D eigenvalue weighted by Gasteiger charge is 2.38. The van der Waals surface area contributed by atoms with Crippen molar-refractivity contribution >= 4 is 40.8 Å². The molecule has 1 atom stereocenters. The number of methoxy groups -OCH3 is 1. The van der Waals surface area contributed by atoms with Gasteiger partial charge in [-0.3, -0.25) is 4.79 Å². The summed E-state index contributed by atoms with van der Waals surface area (Å²) in [5.41, 5.74) is 3.25. The number of carbonyl (C=O) groups is 1. The summed E-state index contributed by atoms with van der Waals surface area (Å²) in [4.78, 5) is 34.9. The lowest BCUT2D eigenvalue weighted by Gasteiger charge is -2.30. The van der Waals surface area contributed by atoms with Crippen LogP contribution in [0, 0.1) is 0 Å². The van der Waals surface area contributed by atoms with Crippen molar-refractivity contribution in [3.63, 3.8) is 0 Å². The number of hydrogen-bond acceptors (Lipinski definition) is 7. The van der Waals surface area contributed by atoms with E-state index in [0.717, 1.165) is 11.1 Å². The second-order valence-corrected chi connectivity index (χ2v) is 10.1. The lowest BCUT2D eigenvalue weighted by atomic mass is 9.81. The zero-order chi connectivity index (χ0) is 27.4. The Bertz CT molecular complexity index is 1600. The molecule has 198 valence electrons. The van der Waals surface area contributed by atoms with Crippen molar-refractivity contribution in [3.05, 3.63) is 122 Å². The van der Waals surface area contributed by atoms with Crippen molar-refractivity contribution in [2.24, 2.45) is 0 Å². The Morgan fingerprint density at radius 3 is 2.56 bits per heavy atom. The van der Waals surface area contributed by atoms with Gasteiger partial charge in [0.2, 0.25) is 0 Å². The summed E-state index contributed by atoms with van der Waals surface area (Å²) < 4.78 is 11.0. The first-order valence-corrected chi connectivity index (χ1v) is 13.7. The van der Waals surface area contributed by atoms with Gasteiger partial charge in [-0.15, -0.1) is 0 Å². The standard InChI is InChI=1S/C30H26ClN3O4S/c1-3-38-29(36)24-23(19-13-9-14-21(16-19)37-2)25-27(32-26(24)18-10-5-4-6-11-18)33-30(34-28(25)35)39-17-20-12-7-8-15-22(20)31/h4-16,23H,3,17H2,1-2H3,(H2,32,33,34,35). The molecule has 4 aromatic rings. The molecule has 1 aliphatic rings. The fraction of sp³-hybridized carbons (Fsp3) is 0.167. The molecule has 0 saturated heterocycles. The maximum atomic E-state index is 13.7. The van der Waals surface area contributed by atoms with Crippen molar-refractivity contribution in [3.8, 4) is 5.75 Å². The van der Waals surface area contributed by atoms with E-state index < -0.39 is 11.9 Å². The number of carbonyl (C=O) groups excluding carboxylic acids is 1. The molecule has 1 aromatic heterocycles. The molecule has 7 nitrogen and oxygen atoms in total. The first kappa shape index (κ1) is 26.6. The lowest BCUT2D eigenvalue weighted by molar-refractivity contribution is -0.138. The van der Waals surface area contributed by atoms with Crippen LogP contribution in [0.15, 0.2) is 94.4 Å². The van der Waals surface area contributed by atoms with Gasteiger partial charge in [-0.1, -0.05) is 84.0 Å². The van der Waals surface area contributed by atoms with E-state index in [-0.39, 0.29) is 12.2 Å². The minimum atomic E-state index is -0.746. The molecule has 1 unspecified atom stereocenters. The van der Waals surface area contributed by atoms with Gasteiger partial charge >= 0.3 is 5.97 Å². The van der Waals surface area contributed by atoms with Crippen LogP contribution in [0.5, 0.6) is 5.75 Å². The number of fused-ring (bicyclic) bond motifs is 1. The van der Waals surface area contributed by atoms with Crippen molar-refractivity contribution < 1.29 is 14.3 Å². The van der Waals surface area contributed by atoms with E-state index >= 15 is 0 Å². The molecule has 0 spiro atoms. The average Bonchev–Trinajstić information content (AvgIpc) is 2.96. The molecule has 5 rings (SSSR count). The summed E-state index contributed by atoms with van der Waals surface area (Å²) in [5, 5.41) is 4.38. The number of esters is 1. The van der Waals surface area contributed by atoms with Crippen LogP contribution in [0.1, 0.15) is 35.1 Å². The van der Waals surface area contributed by atoms with Crippen LogP contribution < -0.4 is 15.6 Å². The summed E-state index contributed by atoms with van der Waals surface area (Å²) in [5.74, 6) is 0.243. The van der Waals surface area contributed by atoms with Crippen molar-refractivity contribution in [1.82, 2.24) is 9.97 Å². The van der Waals surface area contributed by atoms with Crippen LogP contribution in [-0.2, 0) is 15.3 Å². The van der Waals surface area contributed by atoms with Crippen LogP contribution in [0.2, 0.25) is 5.02 Å². The second kappa shape index (κ2) is 11.8. The van der Waals surface area contributed by atoms with Crippen LogP contribution in [-0.4, -0.2) is 29.7 Å². The zero-order valence-electron chi connectivity index (χ0n) is 21.4. The Morgan fingerprint density at radius 2 is 1.82 bits per heavy atom. The quantitative estimate of drug-likeness (QED) is 0.150. The highest BCUT2D eigenvalue weighted by Crippen LogP contribution is 2.43. The van der Waals surface area contributed by atoms with E-state index in [0.29, 0.717) is 49.9 Å². The van der Waals surface area contributed by atoms with Crippen LogP contribution in [0.3, 0.4) is 0 Å². The van der Waals surface area contributed by atoms with Gasteiger partial charge < -0.3 is 19.8 Å². The molecule has 0 aliphatic carbocycles. The fourth-order valence-corrected chi connectivity index (χ4v) is 5.69. The molecule has 9 heteroatoms. The normalized spacial score (nSPS) is 14.4. The number of nitrogens with one attached hydrogen (secondary N) is 2. The largest absolute Gasteiger partial charge is 0.497 e. The van der Waals surface area contributed by atoms with E-state index in [4.69, 9.17) is 26.1 Å². The number of benzene rings is 3. The predicted octanol–water partition coefficient (Wildman–Crippen LogP) is 6.26. The number of rotatable bonds is 8.